The molecule has 0 amide bonds. The van der Waals surface area contributed by atoms with E-state index in [4.69, 9.17) is 10.5 Å². The fourth-order valence-electron chi connectivity index (χ4n) is 1.67. The third-order valence-electron chi connectivity index (χ3n) is 2.74. The van der Waals surface area contributed by atoms with Gasteiger partial charge in [-0.1, -0.05) is 24.3 Å². The summed E-state index contributed by atoms with van der Waals surface area (Å²) in [6.45, 7) is 4.05. The maximum absolute atomic E-state index is 5.86. The van der Waals surface area contributed by atoms with Crippen LogP contribution >= 0.6 is 11.3 Å². The molecule has 2 N–H and O–H groups in total. The molecule has 0 fully saturated rings. The predicted octanol–water partition coefficient (Wildman–Crippen LogP) is 3.27. The summed E-state index contributed by atoms with van der Waals surface area (Å²) < 4.78 is 5.37. The van der Waals surface area contributed by atoms with Crippen LogP contribution in [0.5, 0.6) is 5.75 Å². The van der Waals surface area contributed by atoms with E-state index in [2.05, 4.69) is 24.0 Å². The minimum absolute atomic E-state index is 0.768. The van der Waals surface area contributed by atoms with Crippen LogP contribution in [0.2, 0.25) is 0 Å². The van der Waals surface area contributed by atoms with Crippen LogP contribution in [-0.2, 0) is 6.42 Å². The number of aromatic nitrogens is 1. The van der Waals surface area contributed by atoms with Crippen molar-refractivity contribution in [3.8, 4) is 16.3 Å². The molecule has 1 aromatic heterocycles. The summed E-state index contributed by atoms with van der Waals surface area (Å²) in [7, 11) is 1.67. The second-order valence-electron chi connectivity index (χ2n) is 3.86. The van der Waals surface area contributed by atoms with E-state index in [-0.39, 0.29) is 0 Å². The van der Waals surface area contributed by atoms with Gasteiger partial charge in [-0.3, -0.25) is 0 Å². The molecule has 4 heteroatoms. The molecule has 2 aromatic rings. The molecule has 0 spiro atoms. The first-order valence-electron chi connectivity index (χ1n) is 5.56. The third kappa shape index (κ3) is 2.26. The van der Waals surface area contributed by atoms with Crippen LogP contribution in [0.25, 0.3) is 10.6 Å². The average Bonchev–Trinajstić information content (AvgIpc) is 2.68. The lowest BCUT2D eigenvalue weighted by Gasteiger charge is -2.07. The van der Waals surface area contributed by atoms with E-state index in [9.17, 15) is 0 Å². The smallest absolute Gasteiger partial charge is 0.129 e. The molecule has 0 saturated heterocycles. The van der Waals surface area contributed by atoms with E-state index < -0.39 is 0 Å². The van der Waals surface area contributed by atoms with Gasteiger partial charge in [-0.05, 0) is 31.0 Å². The van der Waals surface area contributed by atoms with Crippen molar-refractivity contribution in [1.82, 2.24) is 4.98 Å². The highest BCUT2D eigenvalue weighted by Gasteiger charge is 2.12. The number of anilines is 1. The molecule has 0 atom stereocenters. The van der Waals surface area contributed by atoms with Crippen LogP contribution in [0.4, 0.5) is 5.00 Å². The van der Waals surface area contributed by atoms with E-state index in [0.29, 0.717) is 0 Å². The van der Waals surface area contributed by atoms with Crippen molar-refractivity contribution >= 4 is 16.3 Å². The van der Waals surface area contributed by atoms with E-state index in [0.717, 1.165) is 33.4 Å². The summed E-state index contributed by atoms with van der Waals surface area (Å²) in [5.41, 5.74) is 9.03. The second-order valence-corrected chi connectivity index (χ2v) is 4.89. The molecule has 0 aliphatic rings. The maximum Gasteiger partial charge on any atom is 0.129 e. The Labute approximate surface area is 105 Å². The minimum Gasteiger partial charge on any atom is -0.496 e. The molecule has 0 bridgehead atoms. The van der Waals surface area contributed by atoms with Crippen molar-refractivity contribution in [2.75, 3.05) is 12.8 Å². The van der Waals surface area contributed by atoms with E-state index >= 15 is 0 Å². The fourth-order valence-corrected chi connectivity index (χ4v) is 2.52. The molecule has 2 rings (SSSR count). The van der Waals surface area contributed by atoms with Gasteiger partial charge in [-0.15, -0.1) is 0 Å². The van der Waals surface area contributed by atoms with Gasteiger partial charge in [0.25, 0.3) is 0 Å². The van der Waals surface area contributed by atoms with E-state index in [1.807, 2.05) is 13.0 Å². The molecule has 0 aliphatic heterocycles. The van der Waals surface area contributed by atoms with Crippen molar-refractivity contribution < 1.29 is 4.74 Å². The number of hydrogen-bond donors (Lipinski definition) is 1. The molecule has 1 aromatic carbocycles. The van der Waals surface area contributed by atoms with Gasteiger partial charge in [0.05, 0.1) is 18.4 Å². The van der Waals surface area contributed by atoms with Crippen molar-refractivity contribution in [2.45, 2.75) is 20.3 Å². The normalized spacial score (nSPS) is 10.5. The number of thiazole rings is 1. The zero-order valence-electron chi connectivity index (χ0n) is 10.3. The highest BCUT2D eigenvalue weighted by atomic mass is 32.1. The topological polar surface area (TPSA) is 48.1 Å². The van der Waals surface area contributed by atoms with Gasteiger partial charge in [-0.2, -0.15) is 0 Å². The monoisotopic (exact) mass is 248 g/mol. The predicted molar refractivity (Wildman–Crippen MR) is 72.6 cm³/mol. The van der Waals surface area contributed by atoms with Crippen molar-refractivity contribution in [3.63, 3.8) is 0 Å². The fraction of sp³-hybridized carbons (Fsp3) is 0.308. The number of nitrogens with two attached hydrogens (primary N) is 1. The number of rotatable bonds is 3. The Hall–Kier alpha value is -1.55. The molecule has 0 aliphatic carbocycles. The zero-order chi connectivity index (χ0) is 12.4. The lowest BCUT2D eigenvalue weighted by molar-refractivity contribution is 0.416. The number of nitrogens with zero attached hydrogens (tertiary/aromatic N) is 1. The maximum atomic E-state index is 5.86. The summed E-state index contributed by atoms with van der Waals surface area (Å²) in [4.78, 5) is 4.48. The highest BCUT2D eigenvalue weighted by Crippen LogP contribution is 2.36. The Balaban J connectivity index is 2.55. The SMILES string of the molecule is CCc1ccc(OC)c(-c2nc(C)c(N)s2)c1. The van der Waals surface area contributed by atoms with Gasteiger partial charge in [-0.25, -0.2) is 4.98 Å². The first-order valence-corrected chi connectivity index (χ1v) is 6.37. The standard InChI is InChI=1S/C13H16N2OS/c1-4-9-5-6-11(16-3)10(7-9)13-15-8(2)12(14)17-13/h5-7H,4,14H2,1-3H3. The molecule has 0 radical (unpaired) electrons. The van der Waals surface area contributed by atoms with Gasteiger partial charge < -0.3 is 10.5 Å². The summed E-state index contributed by atoms with van der Waals surface area (Å²) in [5, 5.41) is 1.69. The molecular weight excluding hydrogens is 232 g/mol. The molecule has 17 heavy (non-hydrogen) atoms. The van der Waals surface area contributed by atoms with E-state index in [1.165, 1.54) is 16.9 Å². The number of methoxy groups -OCH3 is 1. The Bertz CT molecular complexity index is 515. The Morgan fingerprint density at radius 1 is 1.41 bits per heavy atom. The Kier molecular flexibility index (Phi) is 3.33. The zero-order valence-corrected chi connectivity index (χ0v) is 11.1. The lowest BCUT2D eigenvalue weighted by Crippen LogP contribution is -1.90. The number of ether oxygens (including phenoxy) is 1. The van der Waals surface area contributed by atoms with Crippen LogP contribution in [0, 0.1) is 6.92 Å². The van der Waals surface area contributed by atoms with Crippen LogP contribution in [0.1, 0.15) is 18.2 Å². The third-order valence-corrected chi connectivity index (χ3v) is 3.75. The number of hydrogen-bond acceptors (Lipinski definition) is 4. The number of aryl methyl sites for hydroxylation is 2. The van der Waals surface area contributed by atoms with Crippen molar-refractivity contribution in [3.05, 3.63) is 29.5 Å². The number of benzene rings is 1. The minimum atomic E-state index is 0.768. The van der Waals surface area contributed by atoms with Gasteiger partial charge in [0.1, 0.15) is 15.8 Å². The van der Waals surface area contributed by atoms with Crippen LogP contribution in [0.15, 0.2) is 18.2 Å². The Morgan fingerprint density at radius 3 is 2.71 bits per heavy atom. The van der Waals surface area contributed by atoms with Gasteiger partial charge >= 0.3 is 0 Å². The molecule has 3 nitrogen and oxygen atoms in total. The summed E-state index contributed by atoms with van der Waals surface area (Å²) in [5.74, 6) is 0.843. The van der Waals surface area contributed by atoms with Crippen molar-refractivity contribution in [1.29, 1.82) is 0 Å². The number of nitrogen functional groups attached to an aromatic ring is 1. The summed E-state index contributed by atoms with van der Waals surface area (Å²) >= 11 is 1.50. The largest absolute Gasteiger partial charge is 0.496 e. The molecule has 1 heterocycles. The molecule has 90 valence electrons. The first-order chi connectivity index (χ1) is 8.15. The van der Waals surface area contributed by atoms with Gasteiger partial charge in [0.2, 0.25) is 0 Å². The molecule has 0 unspecified atom stereocenters. The quantitative estimate of drug-likeness (QED) is 0.906. The van der Waals surface area contributed by atoms with Crippen LogP contribution < -0.4 is 10.5 Å². The Morgan fingerprint density at radius 2 is 2.18 bits per heavy atom. The van der Waals surface area contributed by atoms with Gasteiger partial charge in [0, 0.05) is 0 Å². The lowest BCUT2D eigenvalue weighted by atomic mass is 10.1. The van der Waals surface area contributed by atoms with E-state index in [1.54, 1.807) is 7.11 Å². The first kappa shape index (κ1) is 11.9. The van der Waals surface area contributed by atoms with Crippen LogP contribution in [-0.4, -0.2) is 12.1 Å². The van der Waals surface area contributed by atoms with Gasteiger partial charge in [0.15, 0.2) is 0 Å². The molecular formula is C13H16N2OS. The van der Waals surface area contributed by atoms with Crippen LogP contribution in [0.3, 0.4) is 0 Å². The highest BCUT2D eigenvalue weighted by molar-refractivity contribution is 7.18. The molecule has 0 saturated carbocycles. The summed E-state index contributed by atoms with van der Waals surface area (Å²) in [6, 6.07) is 6.18. The average molecular weight is 248 g/mol. The summed E-state index contributed by atoms with van der Waals surface area (Å²) in [6.07, 6.45) is 0.997. The van der Waals surface area contributed by atoms with Crippen molar-refractivity contribution in [2.24, 2.45) is 0 Å². The second kappa shape index (κ2) is 4.75.